The van der Waals surface area contributed by atoms with Crippen molar-refractivity contribution >= 4 is 34.7 Å². The fraction of sp³-hybridized carbons (Fsp3) is 0.0769. The maximum absolute atomic E-state index is 11.7. The molecule has 2 aromatic rings. The molecule has 0 fully saturated rings. The van der Waals surface area contributed by atoms with E-state index in [1.807, 2.05) is 10.8 Å². The van der Waals surface area contributed by atoms with E-state index in [0.29, 0.717) is 17.1 Å². The smallest absolute Gasteiger partial charge is 0.341 e. The number of ether oxygens (including phenoxy) is 1. The van der Waals surface area contributed by atoms with Crippen LogP contribution in [0, 0.1) is 0 Å². The van der Waals surface area contributed by atoms with Crippen LogP contribution in [-0.4, -0.2) is 23.7 Å². The number of carbonyl (C=O) groups excluding carboxylic acids is 1. The number of nitrogens with one attached hydrogen (secondary N) is 2. The van der Waals surface area contributed by atoms with Gasteiger partial charge in [0.25, 0.3) is 0 Å². The highest BCUT2D eigenvalue weighted by Gasteiger charge is 2.05. The number of amides is 2. The fourth-order valence-electron chi connectivity index (χ4n) is 1.44. The Morgan fingerprint density at radius 2 is 2.00 bits per heavy atom. The highest BCUT2D eigenvalue weighted by molar-refractivity contribution is 7.08. The Labute approximate surface area is 119 Å². The normalized spacial score (nSPS) is 9.80. The van der Waals surface area contributed by atoms with E-state index < -0.39 is 12.6 Å². The Bertz CT molecular complexity index is 598. The van der Waals surface area contributed by atoms with Gasteiger partial charge >= 0.3 is 12.0 Å². The minimum absolute atomic E-state index is 0.376. The molecule has 1 aromatic heterocycles. The zero-order valence-electron chi connectivity index (χ0n) is 10.3. The maximum atomic E-state index is 11.7. The Balaban J connectivity index is 1.93. The van der Waals surface area contributed by atoms with Gasteiger partial charge < -0.3 is 20.5 Å². The van der Waals surface area contributed by atoms with Gasteiger partial charge in [-0.3, -0.25) is 0 Å². The SMILES string of the molecule is O=C(O)COc1cccc(NC(=O)Nc2ccsc2)c1. The molecule has 1 aromatic carbocycles. The predicted molar refractivity (Wildman–Crippen MR) is 76.5 cm³/mol. The Kier molecular flexibility index (Phi) is 4.56. The summed E-state index contributed by atoms with van der Waals surface area (Å²) in [5.74, 6) is -0.681. The number of hydrogen-bond acceptors (Lipinski definition) is 4. The first-order valence-corrected chi connectivity index (χ1v) is 6.62. The molecule has 0 aliphatic heterocycles. The van der Waals surface area contributed by atoms with Crippen LogP contribution in [0.5, 0.6) is 5.75 Å². The number of aliphatic carboxylic acids is 1. The third-order valence-corrected chi connectivity index (χ3v) is 2.92. The minimum Gasteiger partial charge on any atom is -0.482 e. The molecule has 0 unspecified atom stereocenters. The third kappa shape index (κ3) is 4.29. The molecule has 6 nitrogen and oxygen atoms in total. The molecular weight excluding hydrogens is 280 g/mol. The van der Waals surface area contributed by atoms with Gasteiger partial charge in [-0.2, -0.15) is 11.3 Å². The second-order valence-electron chi connectivity index (χ2n) is 3.80. The van der Waals surface area contributed by atoms with Crippen molar-refractivity contribution in [3.05, 3.63) is 41.1 Å². The summed E-state index contributed by atoms with van der Waals surface area (Å²) in [4.78, 5) is 22.1. The van der Waals surface area contributed by atoms with Gasteiger partial charge in [0.15, 0.2) is 6.61 Å². The van der Waals surface area contributed by atoms with Crippen LogP contribution >= 0.6 is 11.3 Å². The van der Waals surface area contributed by atoms with Gasteiger partial charge in [0.2, 0.25) is 0 Å². The van der Waals surface area contributed by atoms with Crippen molar-refractivity contribution in [3.63, 3.8) is 0 Å². The molecule has 0 radical (unpaired) electrons. The van der Waals surface area contributed by atoms with Crippen LogP contribution < -0.4 is 15.4 Å². The molecule has 3 N–H and O–H groups in total. The number of carbonyl (C=O) groups is 2. The summed E-state index contributed by atoms with van der Waals surface area (Å²) >= 11 is 1.48. The second kappa shape index (κ2) is 6.58. The minimum atomic E-state index is -1.06. The Hall–Kier alpha value is -2.54. The van der Waals surface area contributed by atoms with Crippen molar-refractivity contribution < 1.29 is 19.4 Å². The standard InChI is InChI=1S/C13H12N2O4S/c16-12(17)7-19-11-3-1-2-9(6-11)14-13(18)15-10-4-5-20-8-10/h1-6,8H,7H2,(H,16,17)(H2,14,15,18). The summed E-state index contributed by atoms with van der Waals surface area (Å²) in [7, 11) is 0. The highest BCUT2D eigenvalue weighted by Crippen LogP contribution is 2.18. The Morgan fingerprint density at radius 1 is 1.20 bits per heavy atom. The van der Waals surface area contributed by atoms with Crippen LogP contribution in [0.2, 0.25) is 0 Å². The lowest BCUT2D eigenvalue weighted by Crippen LogP contribution is -2.19. The number of rotatable bonds is 5. The lowest BCUT2D eigenvalue weighted by atomic mass is 10.3. The average molecular weight is 292 g/mol. The average Bonchev–Trinajstić information content (AvgIpc) is 2.89. The van der Waals surface area contributed by atoms with E-state index in [0.717, 1.165) is 0 Å². The monoisotopic (exact) mass is 292 g/mol. The molecule has 7 heteroatoms. The molecule has 1 heterocycles. The number of carboxylic acid groups (broad SMARTS) is 1. The molecule has 104 valence electrons. The number of anilines is 2. The summed E-state index contributed by atoms with van der Waals surface area (Å²) in [6.07, 6.45) is 0. The van der Waals surface area contributed by atoms with Gasteiger partial charge in [0.05, 0.1) is 5.69 Å². The quantitative estimate of drug-likeness (QED) is 0.790. The molecular formula is C13H12N2O4S. The van der Waals surface area contributed by atoms with Crippen molar-refractivity contribution in [2.75, 3.05) is 17.2 Å². The zero-order chi connectivity index (χ0) is 14.4. The number of carboxylic acids is 1. The van der Waals surface area contributed by atoms with Crippen molar-refractivity contribution in [2.24, 2.45) is 0 Å². The van der Waals surface area contributed by atoms with Gasteiger partial charge in [0.1, 0.15) is 5.75 Å². The first-order valence-electron chi connectivity index (χ1n) is 5.68. The lowest BCUT2D eigenvalue weighted by molar-refractivity contribution is -0.139. The van der Waals surface area contributed by atoms with E-state index in [4.69, 9.17) is 9.84 Å². The highest BCUT2D eigenvalue weighted by atomic mass is 32.1. The van der Waals surface area contributed by atoms with Crippen LogP contribution in [0.1, 0.15) is 0 Å². The van der Waals surface area contributed by atoms with Crippen LogP contribution in [0.3, 0.4) is 0 Å². The Morgan fingerprint density at radius 3 is 2.70 bits per heavy atom. The number of benzene rings is 1. The third-order valence-electron chi connectivity index (χ3n) is 2.23. The van der Waals surface area contributed by atoms with Crippen molar-refractivity contribution in [1.82, 2.24) is 0 Å². The van der Waals surface area contributed by atoms with Gasteiger partial charge in [-0.1, -0.05) is 6.07 Å². The topological polar surface area (TPSA) is 87.7 Å². The van der Waals surface area contributed by atoms with Crippen LogP contribution in [-0.2, 0) is 4.79 Å². The molecule has 0 saturated carbocycles. The molecule has 0 aliphatic carbocycles. The van der Waals surface area contributed by atoms with E-state index in [1.165, 1.54) is 11.3 Å². The molecule has 0 bridgehead atoms. The first kappa shape index (κ1) is 13.9. The summed E-state index contributed by atoms with van der Waals surface area (Å²) in [5, 5.41) is 17.5. The predicted octanol–water partition coefficient (Wildman–Crippen LogP) is 2.86. The van der Waals surface area contributed by atoms with Crippen LogP contribution in [0.25, 0.3) is 0 Å². The van der Waals surface area contributed by atoms with Gasteiger partial charge in [0, 0.05) is 17.1 Å². The zero-order valence-corrected chi connectivity index (χ0v) is 11.1. The fourth-order valence-corrected chi connectivity index (χ4v) is 2.03. The molecule has 20 heavy (non-hydrogen) atoms. The van der Waals surface area contributed by atoms with E-state index in [1.54, 1.807) is 30.3 Å². The van der Waals surface area contributed by atoms with Gasteiger partial charge in [-0.25, -0.2) is 9.59 Å². The molecule has 0 aliphatic rings. The van der Waals surface area contributed by atoms with Gasteiger partial charge in [-0.05, 0) is 23.6 Å². The van der Waals surface area contributed by atoms with E-state index >= 15 is 0 Å². The largest absolute Gasteiger partial charge is 0.482 e. The van der Waals surface area contributed by atoms with E-state index in [2.05, 4.69) is 10.6 Å². The summed E-state index contributed by atoms with van der Waals surface area (Å²) in [6.45, 7) is -0.426. The van der Waals surface area contributed by atoms with E-state index in [9.17, 15) is 9.59 Å². The van der Waals surface area contributed by atoms with Crippen molar-refractivity contribution in [1.29, 1.82) is 0 Å². The maximum Gasteiger partial charge on any atom is 0.341 e. The lowest BCUT2D eigenvalue weighted by Gasteiger charge is -2.08. The summed E-state index contributed by atoms with van der Waals surface area (Å²) < 4.78 is 5.03. The molecule has 0 atom stereocenters. The van der Waals surface area contributed by atoms with Crippen molar-refractivity contribution in [2.45, 2.75) is 0 Å². The summed E-state index contributed by atoms with van der Waals surface area (Å²) in [5.41, 5.74) is 1.23. The second-order valence-corrected chi connectivity index (χ2v) is 4.58. The molecule has 0 spiro atoms. The van der Waals surface area contributed by atoms with Crippen LogP contribution in [0.4, 0.5) is 16.2 Å². The first-order chi connectivity index (χ1) is 9.63. The van der Waals surface area contributed by atoms with E-state index in [-0.39, 0.29) is 6.03 Å². The number of urea groups is 1. The molecule has 2 rings (SSSR count). The number of hydrogen-bond donors (Lipinski definition) is 3. The molecule has 0 saturated heterocycles. The number of thiophene rings is 1. The van der Waals surface area contributed by atoms with Gasteiger partial charge in [-0.15, -0.1) is 0 Å². The molecule has 2 amide bonds. The van der Waals surface area contributed by atoms with Crippen LogP contribution in [0.15, 0.2) is 41.1 Å². The summed E-state index contributed by atoms with van der Waals surface area (Å²) in [6, 6.07) is 7.93. The van der Waals surface area contributed by atoms with Crippen molar-refractivity contribution in [3.8, 4) is 5.75 Å².